The molecule has 0 fully saturated rings. The highest BCUT2D eigenvalue weighted by Crippen LogP contribution is 2.32. The van der Waals surface area contributed by atoms with E-state index in [9.17, 15) is 4.79 Å². The van der Waals surface area contributed by atoms with Crippen molar-refractivity contribution in [3.8, 4) is 5.75 Å². The first-order chi connectivity index (χ1) is 14.0. The summed E-state index contributed by atoms with van der Waals surface area (Å²) in [6.07, 6.45) is -0.601. The van der Waals surface area contributed by atoms with Gasteiger partial charge in [0.05, 0.1) is 7.11 Å². The van der Waals surface area contributed by atoms with Crippen LogP contribution in [0.15, 0.2) is 58.3 Å². The van der Waals surface area contributed by atoms with Gasteiger partial charge in [-0.25, -0.2) is 9.98 Å². The van der Waals surface area contributed by atoms with Crippen molar-refractivity contribution in [1.82, 2.24) is 9.55 Å². The highest BCUT2D eigenvalue weighted by molar-refractivity contribution is 6.04. The molecular weight excluding hydrogens is 366 g/mol. The molecule has 0 unspecified atom stereocenters. The Balaban J connectivity index is 1.85. The Morgan fingerprint density at radius 1 is 1.10 bits per heavy atom. The van der Waals surface area contributed by atoms with Crippen molar-refractivity contribution in [3.05, 3.63) is 81.3 Å². The van der Waals surface area contributed by atoms with Crippen molar-refractivity contribution < 1.29 is 4.74 Å². The average Bonchev–Trinajstić information content (AvgIpc) is 2.70. The molecule has 148 valence electrons. The second kappa shape index (κ2) is 7.43. The van der Waals surface area contributed by atoms with Gasteiger partial charge in [0.1, 0.15) is 5.75 Å². The number of aromatic nitrogens is 2. The van der Waals surface area contributed by atoms with Crippen LogP contribution < -0.4 is 20.9 Å². The van der Waals surface area contributed by atoms with E-state index in [4.69, 9.17) is 9.73 Å². The van der Waals surface area contributed by atoms with Crippen molar-refractivity contribution in [1.29, 1.82) is 0 Å². The molecule has 0 amide bonds. The molecule has 2 aromatic carbocycles. The number of benzene rings is 2. The first-order valence-corrected chi connectivity index (χ1v) is 9.39. The highest BCUT2D eigenvalue weighted by atomic mass is 16.5. The molecule has 7 heteroatoms. The number of nitrogens with one attached hydrogen (secondary N) is 2. The molecule has 1 aliphatic heterocycles. The first kappa shape index (κ1) is 18.7. The summed E-state index contributed by atoms with van der Waals surface area (Å²) in [5, 5.41) is 6.51. The number of anilines is 2. The number of rotatable bonds is 3. The number of hydrogen-bond donors (Lipinski definition) is 2. The fraction of sp³-hybridized carbons (Fsp3) is 0.227. The van der Waals surface area contributed by atoms with Gasteiger partial charge in [-0.3, -0.25) is 14.7 Å². The van der Waals surface area contributed by atoms with Crippen molar-refractivity contribution in [2.45, 2.75) is 26.9 Å². The van der Waals surface area contributed by atoms with Crippen LogP contribution in [0.25, 0.3) is 0 Å². The minimum Gasteiger partial charge on any atom is -0.496 e. The summed E-state index contributed by atoms with van der Waals surface area (Å²) in [5.41, 5.74) is 4.50. The number of aryl methyl sites for hydroxylation is 2. The summed E-state index contributed by atoms with van der Waals surface area (Å²) >= 11 is 0. The van der Waals surface area contributed by atoms with Gasteiger partial charge in [0.15, 0.2) is 6.17 Å². The number of fused-ring (bicyclic) bond motifs is 1. The van der Waals surface area contributed by atoms with Gasteiger partial charge in [-0.1, -0.05) is 30.3 Å². The van der Waals surface area contributed by atoms with E-state index in [-0.39, 0.29) is 5.56 Å². The molecule has 0 spiro atoms. The van der Waals surface area contributed by atoms with Crippen LogP contribution in [0.4, 0.5) is 11.6 Å². The van der Waals surface area contributed by atoms with Gasteiger partial charge < -0.3 is 10.1 Å². The first-order valence-electron chi connectivity index (χ1n) is 9.39. The summed E-state index contributed by atoms with van der Waals surface area (Å²) in [6.45, 7) is 5.92. The minimum atomic E-state index is -0.601. The number of ether oxygens (including phenoxy) is 1. The minimum absolute atomic E-state index is 0.176. The predicted octanol–water partition coefficient (Wildman–Crippen LogP) is 3.62. The van der Waals surface area contributed by atoms with E-state index in [0.717, 1.165) is 16.8 Å². The molecule has 1 atom stereocenters. The normalized spacial score (nSPS) is 15.2. The smallest absolute Gasteiger partial charge is 0.257 e. The van der Waals surface area contributed by atoms with Crippen LogP contribution in [-0.4, -0.2) is 22.6 Å². The lowest BCUT2D eigenvalue weighted by molar-refractivity contribution is 0.401. The standard InChI is InChI=1S/C22H23N5O2/c1-13-8-7-10-17(15(13)3)24-21-25-20(16-9-5-6-11-18(16)29-4)27-19(28)12-14(2)23-22(27)26-21/h5-12,20H,1-4H3,(H2,23,24,25,26)/t20-/m0/s1. The molecular formula is C22H23N5O2. The van der Waals surface area contributed by atoms with E-state index in [1.54, 1.807) is 18.6 Å². The largest absolute Gasteiger partial charge is 0.496 e. The Bertz CT molecular complexity index is 1170. The van der Waals surface area contributed by atoms with Crippen LogP contribution in [0.5, 0.6) is 5.75 Å². The van der Waals surface area contributed by atoms with Gasteiger partial charge in [0, 0.05) is 23.0 Å². The maximum Gasteiger partial charge on any atom is 0.257 e. The van der Waals surface area contributed by atoms with E-state index in [0.29, 0.717) is 23.4 Å². The highest BCUT2D eigenvalue weighted by Gasteiger charge is 2.27. The van der Waals surface area contributed by atoms with Crippen LogP contribution in [0, 0.1) is 20.8 Å². The number of methoxy groups -OCH3 is 1. The zero-order valence-corrected chi connectivity index (χ0v) is 16.9. The van der Waals surface area contributed by atoms with Crippen molar-refractivity contribution >= 4 is 17.6 Å². The van der Waals surface area contributed by atoms with Gasteiger partial charge in [0.25, 0.3) is 5.56 Å². The SMILES string of the molecule is COc1ccccc1[C@H]1N=C(Nc2cccc(C)c2C)Nc2nc(C)cc(=O)n21. The lowest BCUT2D eigenvalue weighted by Crippen LogP contribution is -2.38. The molecule has 4 rings (SSSR count). The van der Waals surface area contributed by atoms with Gasteiger partial charge in [0.2, 0.25) is 11.9 Å². The molecule has 29 heavy (non-hydrogen) atoms. The van der Waals surface area contributed by atoms with Crippen LogP contribution in [0.1, 0.15) is 28.6 Å². The molecule has 0 bridgehead atoms. The molecule has 0 radical (unpaired) electrons. The third kappa shape index (κ3) is 3.47. The van der Waals surface area contributed by atoms with E-state index in [1.165, 1.54) is 11.6 Å². The second-order valence-corrected chi connectivity index (χ2v) is 7.02. The van der Waals surface area contributed by atoms with Gasteiger partial charge in [-0.15, -0.1) is 0 Å². The summed E-state index contributed by atoms with van der Waals surface area (Å²) in [4.78, 5) is 22.1. The second-order valence-electron chi connectivity index (χ2n) is 7.02. The summed E-state index contributed by atoms with van der Waals surface area (Å²) in [7, 11) is 1.61. The molecule has 1 aromatic heterocycles. The zero-order valence-electron chi connectivity index (χ0n) is 16.9. The number of aliphatic imine (C=N–C) groups is 1. The number of nitrogens with zero attached hydrogens (tertiary/aromatic N) is 3. The summed E-state index contributed by atoms with van der Waals surface area (Å²) in [6, 6.07) is 15.1. The van der Waals surface area contributed by atoms with Crippen LogP contribution >= 0.6 is 0 Å². The topological polar surface area (TPSA) is 80.5 Å². The molecule has 7 nitrogen and oxygen atoms in total. The molecule has 0 saturated heterocycles. The third-order valence-electron chi connectivity index (χ3n) is 5.08. The maximum absolute atomic E-state index is 12.8. The quantitative estimate of drug-likeness (QED) is 0.715. The van der Waals surface area contributed by atoms with E-state index >= 15 is 0 Å². The Kier molecular flexibility index (Phi) is 4.80. The van der Waals surface area contributed by atoms with Crippen molar-refractivity contribution in [2.75, 3.05) is 17.7 Å². The Labute approximate surface area is 169 Å². The Hall–Kier alpha value is -3.61. The van der Waals surface area contributed by atoms with Gasteiger partial charge in [-0.05, 0) is 44.0 Å². The van der Waals surface area contributed by atoms with Crippen LogP contribution in [-0.2, 0) is 0 Å². The van der Waals surface area contributed by atoms with Gasteiger partial charge >= 0.3 is 0 Å². The summed E-state index contributed by atoms with van der Waals surface area (Å²) in [5.74, 6) is 1.62. The lowest BCUT2D eigenvalue weighted by atomic mass is 10.1. The Morgan fingerprint density at radius 3 is 2.69 bits per heavy atom. The van der Waals surface area contributed by atoms with E-state index in [1.807, 2.05) is 36.4 Å². The molecule has 2 heterocycles. The Morgan fingerprint density at radius 2 is 1.90 bits per heavy atom. The average molecular weight is 389 g/mol. The fourth-order valence-corrected chi connectivity index (χ4v) is 3.41. The molecule has 0 saturated carbocycles. The third-order valence-corrected chi connectivity index (χ3v) is 5.08. The van der Waals surface area contributed by atoms with E-state index in [2.05, 4.69) is 35.5 Å². The molecule has 2 N–H and O–H groups in total. The summed E-state index contributed by atoms with van der Waals surface area (Å²) < 4.78 is 7.06. The lowest BCUT2D eigenvalue weighted by Gasteiger charge is -2.28. The maximum atomic E-state index is 12.8. The molecule has 0 aliphatic carbocycles. The van der Waals surface area contributed by atoms with Crippen LogP contribution in [0.3, 0.4) is 0 Å². The van der Waals surface area contributed by atoms with Crippen molar-refractivity contribution in [2.24, 2.45) is 4.99 Å². The number of guanidine groups is 1. The van der Waals surface area contributed by atoms with Crippen molar-refractivity contribution in [3.63, 3.8) is 0 Å². The van der Waals surface area contributed by atoms with Gasteiger partial charge in [-0.2, -0.15) is 0 Å². The molecule has 3 aromatic rings. The van der Waals surface area contributed by atoms with Crippen LogP contribution in [0.2, 0.25) is 0 Å². The molecule has 1 aliphatic rings. The zero-order chi connectivity index (χ0) is 20.5. The fourth-order valence-electron chi connectivity index (χ4n) is 3.41. The number of hydrogen-bond acceptors (Lipinski definition) is 6. The van der Waals surface area contributed by atoms with E-state index < -0.39 is 6.17 Å². The predicted molar refractivity (Wildman–Crippen MR) is 115 cm³/mol. The number of para-hydroxylation sites is 1. The monoisotopic (exact) mass is 389 g/mol.